The molecule has 1 aromatic rings. The summed E-state index contributed by atoms with van der Waals surface area (Å²) in [5, 5.41) is 0.153. The summed E-state index contributed by atoms with van der Waals surface area (Å²) < 4.78 is 0. The van der Waals surface area contributed by atoms with Gasteiger partial charge in [-0.05, 0) is 49.8 Å². The van der Waals surface area contributed by atoms with Gasteiger partial charge in [-0.1, -0.05) is 38.0 Å². The van der Waals surface area contributed by atoms with Crippen LogP contribution in [0.2, 0.25) is 0 Å². The van der Waals surface area contributed by atoms with Gasteiger partial charge in [0.15, 0.2) is 0 Å². The maximum absolute atomic E-state index is 6.60. The number of hydrogen-bond acceptors (Lipinski definition) is 0. The molecule has 0 aromatic heterocycles. The Bertz CT molecular complexity index is 331. The average Bonchev–Trinajstić information content (AvgIpc) is 2.16. The zero-order chi connectivity index (χ0) is 12.3. The molecular weight excluding hydrogens is 216 g/mol. The molecule has 2 atom stereocenters. The average molecular weight is 239 g/mol. The first-order chi connectivity index (χ1) is 7.47. The highest BCUT2D eigenvalue weighted by molar-refractivity contribution is 6.21. The van der Waals surface area contributed by atoms with Crippen molar-refractivity contribution in [3.05, 3.63) is 34.4 Å². The Kier molecular flexibility index (Phi) is 4.86. The van der Waals surface area contributed by atoms with Crippen LogP contribution in [0.1, 0.15) is 54.3 Å². The van der Waals surface area contributed by atoms with Crippen molar-refractivity contribution < 1.29 is 0 Å². The SMILES string of the molecule is CCCC(C)C(Cl)c1c(C)cc(C)cc1C. The molecule has 0 saturated heterocycles. The van der Waals surface area contributed by atoms with Crippen LogP contribution in [0.3, 0.4) is 0 Å². The van der Waals surface area contributed by atoms with Crippen molar-refractivity contribution in [3.63, 3.8) is 0 Å². The summed E-state index contributed by atoms with van der Waals surface area (Å²) in [6.45, 7) is 10.9. The van der Waals surface area contributed by atoms with Gasteiger partial charge in [0.1, 0.15) is 0 Å². The fourth-order valence-corrected chi connectivity index (χ4v) is 2.98. The summed E-state index contributed by atoms with van der Waals surface area (Å²) in [6, 6.07) is 4.47. The Balaban J connectivity index is 3.03. The van der Waals surface area contributed by atoms with E-state index in [-0.39, 0.29) is 5.38 Å². The fourth-order valence-electron chi connectivity index (χ4n) is 2.51. The number of alkyl halides is 1. The van der Waals surface area contributed by atoms with E-state index >= 15 is 0 Å². The van der Waals surface area contributed by atoms with Gasteiger partial charge in [0.05, 0.1) is 5.38 Å². The molecule has 1 heteroatoms. The van der Waals surface area contributed by atoms with Gasteiger partial charge < -0.3 is 0 Å². The maximum atomic E-state index is 6.60. The monoisotopic (exact) mass is 238 g/mol. The number of hydrogen-bond donors (Lipinski definition) is 0. The molecule has 0 aliphatic rings. The molecule has 0 aliphatic heterocycles. The molecule has 0 nitrogen and oxygen atoms in total. The Hall–Kier alpha value is -0.490. The lowest BCUT2D eigenvalue weighted by Gasteiger charge is -2.22. The number of halogens is 1. The molecule has 1 aromatic carbocycles. The Labute approximate surface area is 105 Å². The number of rotatable bonds is 4. The van der Waals surface area contributed by atoms with Crippen LogP contribution in [-0.2, 0) is 0 Å². The molecule has 16 heavy (non-hydrogen) atoms. The molecule has 0 fully saturated rings. The molecule has 1 rings (SSSR count). The van der Waals surface area contributed by atoms with E-state index in [0.717, 1.165) is 0 Å². The van der Waals surface area contributed by atoms with Crippen molar-refractivity contribution in [2.24, 2.45) is 5.92 Å². The molecule has 90 valence electrons. The molecule has 0 bridgehead atoms. The van der Waals surface area contributed by atoms with Crippen molar-refractivity contribution in [2.45, 2.75) is 52.8 Å². The van der Waals surface area contributed by atoms with Crippen LogP contribution in [0.5, 0.6) is 0 Å². The quantitative estimate of drug-likeness (QED) is 0.622. The van der Waals surface area contributed by atoms with E-state index in [9.17, 15) is 0 Å². The van der Waals surface area contributed by atoms with Crippen molar-refractivity contribution in [1.82, 2.24) is 0 Å². The zero-order valence-corrected chi connectivity index (χ0v) is 11.9. The Morgan fingerprint density at radius 2 is 1.62 bits per heavy atom. The molecule has 0 heterocycles. The second-order valence-electron chi connectivity index (χ2n) is 4.98. The molecule has 2 unspecified atom stereocenters. The molecule has 0 spiro atoms. The molecule has 0 N–H and O–H groups in total. The van der Waals surface area contributed by atoms with Gasteiger partial charge in [-0.2, -0.15) is 0 Å². The maximum Gasteiger partial charge on any atom is 0.0615 e. The summed E-state index contributed by atoms with van der Waals surface area (Å²) in [7, 11) is 0. The topological polar surface area (TPSA) is 0 Å². The highest BCUT2D eigenvalue weighted by Crippen LogP contribution is 2.36. The third kappa shape index (κ3) is 3.01. The summed E-state index contributed by atoms with van der Waals surface area (Å²) in [5.41, 5.74) is 5.33. The lowest BCUT2D eigenvalue weighted by molar-refractivity contribution is 0.505. The number of benzene rings is 1. The second-order valence-corrected chi connectivity index (χ2v) is 5.45. The van der Waals surface area contributed by atoms with Crippen LogP contribution in [0, 0.1) is 26.7 Å². The van der Waals surface area contributed by atoms with Crippen LogP contribution in [0.25, 0.3) is 0 Å². The zero-order valence-electron chi connectivity index (χ0n) is 11.1. The highest BCUT2D eigenvalue weighted by atomic mass is 35.5. The first-order valence-corrected chi connectivity index (χ1v) is 6.62. The minimum atomic E-state index is 0.153. The van der Waals surface area contributed by atoms with Crippen LogP contribution in [-0.4, -0.2) is 0 Å². The second kappa shape index (κ2) is 5.72. The molecule has 0 aliphatic carbocycles. The molecule has 0 amide bonds. The Morgan fingerprint density at radius 3 is 2.06 bits per heavy atom. The predicted octanol–water partition coefficient (Wildman–Crippen LogP) is 5.33. The molecule has 0 saturated carbocycles. The van der Waals surface area contributed by atoms with E-state index in [1.165, 1.54) is 35.1 Å². The Morgan fingerprint density at radius 1 is 1.12 bits per heavy atom. The largest absolute Gasteiger partial charge is 0.118 e. The van der Waals surface area contributed by atoms with Gasteiger partial charge in [0.25, 0.3) is 0 Å². The van der Waals surface area contributed by atoms with Gasteiger partial charge >= 0.3 is 0 Å². The van der Waals surface area contributed by atoms with Crippen molar-refractivity contribution >= 4 is 11.6 Å². The van der Waals surface area contributed by atoms with E-state index in [1.54, 1.807) is 0 Å². The van der Waals surface area contributed by atoms with Gasteiger partial charge in [-0.25, -0.2) is 0 Å². The van der Waals surface area contributed by atoms with E-state index in [4.69, 9.17) is 11.6 Å². The minimum Gasteiger partial charge on any atom is -0.118 e. The normalized spacial score (nSPS) is 14.9. The third-order valence-corrected chi connectivity index (χ3v) is 3.91. The van der Waals surface area contributed by atoms with Gasteiger partial charge in [0, 0.05) is 0 Å². The predicted molar refractivity (Wildman–Crippen MR) is 73.3 cm³/mol. The van der Waals surface area contributed by atoms with Gasteiger partial charge in [-0.15, -0.1) is 11.6 Å². The first-order valence-electron chi connectivity index (χ1n) is 6.19. The third-order valence-electron chi connectivity index (χ3n) is 3.26. The van der Waals surface area contributed by atoms with Crippen LogP contribution in [0.15, 0.2) is 12.1 Å². The number of aryl methyl sites for hydroxylation is 3. The first kappa shape index (κ1) is 13.6. The molecular formula is C15H23Cl. The van der Waals surface area contributed by atoms with E-state index in [2.05, 4.69) is 46.8 Å². The van der Waals surface area contributed by atoms with Gasteiger partial charge in [-0.3, -0.25) is 0 Å². The summed E-state index contributed by atoms with van der Waals surface area (Å²) in [6.07, 6.45) is 2.40. The fraction of sp³-hybridized carbons (Fsp3) is 0.600. The van der Waals surface area contributed by atoms with Crippen LogP contribution >= 0.6 is 11.6 Å². The summed E-state index contributed by atoms with van der Waals surface area (Å²) in [5.74, 6) is 0.548. The van der Waals surface area contributed by atoms with E-state index < -0.39 is 0 Å². The van der Waals surface area contributed by atoms with Crippen LogP contribution < -0.4 is 0 Å². The van der Waals surface area contributed by atoms with Crippen molar-refractivity contribution in [3.8, 4) is 0 Å². The van der Waals surface area contributed by atoms with Crippen LogP contribution in [0.4, 0.5) is 0 Å². The van der Waals surface area contributed by atoms with E-state index in [1.807, 2.05) is 0 Å². The van der Waals surface area contributed by atoms with Crippen molar-refractivity contribution in [2.75, 3.05) is 0 Å². The molecule has 0 radical (unpaired) electrons. The lowest BCUT2D eigenvalue weighted by atomic mass is 9.89. The highest BCUT2D eigenvalue weighted by Gasteiger charge is 2.19. The van der Waals surface area contributed by atoms with Crippen molar-refractivity contribution in [1.29, 1.82) is 0 Å². The van der Waals surface area contributed by atoms with Gasteiger partial charge in [0.2, 0.25) is 0 Å². The summed E-state index contributed by atoms with van der Waals surface area (Å²) >= 11 is 6.60. The standard InChI is InChI=1S/C15H23Cl/c1-6-7-11(3)15(16)14-12(4)8-10(2)9-13(14)5/h8-9,11,15H,6-7H2,1-5H3. The minimum absolute atomic E-state index is 0.153. The lowest BCUT2D eigenvalue weighted by Crippen LogP contribution is -2.07. The summed E-state index contributed by atoms with van der Waals surface area (Å²) in [4.78, 5) is 0. The van der Waals surface area contributed by atoms with E-state index in [0.29, 0.717) is 5.92 Å². The smallest absolute Gasteiger partial charge is 0.0615 e.